The molecule has 0 radical (unpaired) electrons. The monoisotopic (exact) mass is 293 g/mol. The molecule has 0 fully saturated rings. The van der Waals surface area contributed by atoms with Gasteiger partial charge in [0.25, 0.3) is 5.91 Å². The van der Waals surface area contributed by atoms with Crippen LogP contribution in [-0.2, 0) is 4.74 Å². The minimum absolute atomic E-state index is 0.131. The molecule has 0 spiro atoms. The summed E-state index contributed by atoms with van der Waals surface area (Å²) in [7, 11) is 0. The molecule has 2 N–H and O–H groups in total. The molecule has 1 amide bonds. The molecule has 0 aliphatic carbocycles. The first-order valence-electron chi connectivity index (χ1n) is 7.52. The summed E-state index contributed by atoms with van der Waals surface area (Å²) in [6.45, 7) is 11.8. The third kappa shape index (κ3) is 5.71. The summed E-state index contributed by atoms with van der Waals surface area (Å²) in [6, 6.07) is 1.90. The Labute approximate surface area is 127 Å². The first-order chi connectivity index (χ1) is 9.89. The van der Waals surface area contributed by atoms with Crippen molar-refractivity contribution in [3.05, 3.63) is 23.5 Å². The Hall–Kier alpha value is -1.62. The predicted octanol–water partition coefficient (Wildman–Crippen LogP) is 2.76. The number of amides is 1. The van der Waals surface area contributed by atoms with Gasteiger partial charge >= 0.3 is 0 Å². The fraction of sp³-hybridized carbons (Fsp3) is 0.625. The molecule has 0 saturated heterocycles. The fourth-order valence-corrected chi connectivity index (χ4v) is 1.98. The summed E-state index contributed by atoms with van der Waals surface area (Å²) < 4.78 is 5.58. The van der Waals surface area contributed by atoms with Crippen LogP contribution in [0.2, 0.25) is 0 Å². The van der Waals surface area contributed by atoms with Crippen molar-refractivity contribution < 1.29 is 9.53 Å². The van der Waals surface area contributed by atoms with E-state index < -0.39 is 0 Å². The highest BCUT2D eigenvalue weighted by atomic mass is 16.5. The van der Waals surface area contributed by atoms with Crippen LogP contribution in [0.25, 0.3) is 0 Å². The number of aromatic nitrogens is 1. The Bertz CT molecular complexity index is 473. The third-order valence-corrected chi connectivity index (χ3v) is 3.06. The SMILES string of the molecule is CCCNc1cc(C)ncc1C(=O)NCC(C)(C)OCC. The second-order valence-electron chi connectivity index (χ2n) is 5.67. The van der Waals surface area contributed by atoms with Gasteiger partial charge in [0, 0.05) is 31.6 Å². The normalized spacial score (nSPS) is 11.3. The van der Waals surface area contributed by atoms with Gasteiger partial charge in [-0.2, -0.15) is 0 Å². The van der Waals surface area contributed by atoms with E-state index in [9.17, 15) is 4.79 Å². The standard InChI is InChI=1S/C16H27N3O2/c1-6-8-17-14-9-12(3)18-10-13(14)15(20)19-11-16(4,5)21-7-2/h9-10H,6-8,11H2,1-5H3,(H,17,18)(H,19,20). The predicted molar refractivity (Wildman–Crippen MR) is 85.8 cm³/mol. The molecule has 1 heterocycles. The topological polar surface area (TPSA) is 63.2 Å². The third-order valence-electron chi connectivity index (χ3n) is 3.06. The number of rotatable bonds is 8. The van der Waals surface area contributed by atoms with Crippen molar-refractivity contribution in [1.82, 2.24) is 10.3 Å². The van der Waals surface area contributed by atoms with E-state index in [1.807, 2.05) is 33.8 Å². The second kappa shape index (κ2) is 7.98. The van der Waals surface area contributed by atoms with Crippen LogP contribution in [-0.4, -0.2) is 36.2 Å². The van der Waals surface area contributed by atoms with Crippen LogP contribution in [0.5, 0.6) is 0 Å². The van der Waals surface area contributed by atoms with Crippen LogP contribution in [0.15, 0.2) is 12.3 Å². The van der Waals surface area contributed by atoms with Crippen LogP contribution in [0, 0.1) is 6.92 Å². The van der Waals surface area contributed by atoms with Crippen LogP contribution in [0.3, 0.4) is 0 Å². The van der Waals surface area contributed by atoms with Gasteiger partial charge in [-0.05, 0) is 40.2 Å². The molecule has 0 bridgehead atoms. The van der Waals surface area contributed by atoms with Gasteiger partial charge in [0.1, 0.15) is 0 Å². The fourth-order valence-electron chi connectivity index (χ4n) is 1.98. The lowest BCUT2D eigenvalue weighted by atomic mass is 10.1. The van der Waals surface area contributed by atoms with Crippen molar-refractivity contribution in [2.45, 2.75) is 46.6 Å². The lowest BCUT2D eigenvalue weighted by molar-refractivity contribution is -0.00815. The first-order valence-corrected chi connectivity index (χ1v) is 7.52. The van der Waals surface area contributed by atoms with E-state index in [-0.39, 0.29) is 11.5 Å². The Balaban J connectivity index is 2.77. The Kier molecular flexibility index (Phi) is 6.62. The van der Waals surface area contributed by atoms with Gasteiger partial charge in [0.2, 0.25) is 0 Å². The van der Waals surface area contributed by atoms with Crippen molar-refractivity contribution in [3.63, 3.8) is 0 Å². The van der Waals surface area contributed by atoms with E-state index >= 15 is 0 Å². The minimum Gasteiger partial charge on any atom is -0.384 e. The molecule has 1 rings (SSSR count). The molecule has 21 heavy (non-hydrogen) atoms. The van der Waals surface area contributed by atoms with Crippen LogP contribution in [0.1, 0.15) is 50.2 Å². The molecule has 0 unspecified atom stereocenters. The first kappa shape index (κ1) is 17.4. The van der Waals surface area contributed by atoms with E-state index in [0.29, 0.717) is 18.7 Å². The summed E-state index contributed by atoms with van der Waals surface area (Å²) in [5, 5.41) is 6.19. The highest BCUT2D eigenvalue weighted by molar-refractivity contribution is 5.99. The Morgan fingerprint density at radius 1 is 1.38 bits per heavy atom. The molecular formula is C16H27N3O2. The molecule has 5 heteroatoms. The van der Waals surface area contributed by atoms with E-state index in [0.717, 1.165) is 24.3 Å². The lowest BCUT2D eigenvalue weighted by Crippen LogP contribution is -2.40. The maximum absolute atomic E-state index is 12.3. The van der Waals surface area contributed by atoms with Gasteiger partial charge in [-0.3, -0.25) is 9.78 Å². The molecule has 0 aromatic carbocycles. The zero-order valence-electron chi connectivity index (χ0n) is 13.7. The lowest BCUT2D eigenvalue weighted by Gasteiger charge is -2.25. The summed E-state index contributed by atoms with van der Waals surface area (Å²) >= 11 is 0. The van der Waals surface area contributed by atoms with Gasteiger partial charge in [0.15, 0.2) is 0 Å². The summed E-state index contributed by atoms with van der Waals surface area (Å²) in [6.07, 6.45) is 2.62. The smallest absolute Gasteiger partial charge is 0.255 e. The highest BCUT2D eigenvalue weighted by Gasteiger charge is 2.20. The zero-order chi connectivity index (χ0) is 15.9. The van der Waals surface area contributed by atoms with Gasteiger partial charge in [-0.25, -0.2) is 0 Å². The van der Waals surface area contributed by atoms with Crippen LogP contribution >= 0.6 is 0 Å². The summed E-state index contributed by atoms with van der Waals surface area (Å²) in [4.78, 5) is 16.6. The number of nitrogens with one attached hydrogen (secondary N) is 2. The second-order valence-corrected chi connectivity index (χ2v) is 5.67. The molecule has 0 aliphatic heterocycles. The molecule has 1 aromatic rings. The number of anilines is 1. The van der Waals surface area contributed by atoms with E-state index in [1.165, 1.54) is 0 Å². The van der Waals surface area contributed by atoms with Crippen molar-refractivity contribution in [2.24, 2.45) is 0 Å². The van der Waals surface area contributed by atoms with Crippen molar-refractivity contribution in [3.8, 4) is 0 Å². The van der Waals surface area contributed by atoms with E-state index in [2.05, 4.69) is 22.5 Å². The van der Waals surface area contributed by atoms with Gasteiger partial charge in [-0.15, -0.1) is 0 Å². The van der Waals surface area contributed by atoms with Crippen molar-refractivity contribution >= 4 is 11.6 Å². The van der Waals surface area contributed by atoms with E-state index in [4.69, 9.17) is 4.74 Å². The minimum atomic E-state index is -0.375. The van der Waals surface area contributed by atoms with Gasteiger partial charge < -0.3 is 15.4 Å². The quantitative estimate of drug-likeness (QED) is 0.773. The number of hydrogen-bond donors (Lipinski definition) is 2. The number of carbonyl (C=O) groups is 1. The Morgan fingerprint density at radius 2 is 2.10 bits per heavy atom. The van der Waals surface area contributed by atoms with Gasteiger partial charge in [0.05, 0.1) is 16.9 Å². The highest BCUT2D eigenvalue weighted by Crippen LogP contribution is 2.16. The van der Waals surface area contributed by atoms with Crippen LogP contribution < -0.4 is 10.6 Å². The maximum Gasteiger partial charge on any atom is 0.255 e. The summed E-state index contributed by atoms with van der Waals surface area (Å²) in [5.41, 5.74) is 1.91. The molecule has 0 atom stereocenters. The molecule has 0 saturated carbocycles. The molecule has 118 valence electrons. The van der Waals surface area contributed by atoms with E-state index in [1.54, 1.807) is 6.20 Å². The van der Waals surface area contributed by atoms with Crippen LogP contribution in [0.4, 0.5) is 5.69 Å². The molecule has 0 aliphatic rings. The molecule has 1 aromatic heterocycles. The van der Waals surface area contributed by atoms with Gasteiger partial charge in [-0.1, -0.05) is 6.92 Å². The Morgan fingerprint density at radius 3 is 2.71 bits per heavy atom. The summed E-state index contributed by atoms with van der Waals surface area (Å²) in [5.74, 6) is -0.131. The molecule has 5 nitrogen and oxygen atoms in total. The number of carbonyl (C=O) groups excluding carboxylic acids is 1. The number of nitrogens with zero attached hydrogens (tertiary/aromatic N) is 1. The average molecular weight is 293 g/mol. The number of pyridine rings is 1. The molecular weight excluding hydrogens is 266 g/mol. The number of aryl methyl sites for hydroxylation is 1. The number of hydrogen-bond acceptors (Lipinski definition) is 4. The number of ether oxygens (including phenoxy) is 1. The van der Waals surface area contributed by atoms with Crippen molar-refractivity contribution in [2.75, 3.05) is 25.0 Å². The largest absolute Gasteiger partial charge is 0.384 e. The maximum atomic E-state index is 12.3. The zero-order valence-corrected chi connectivity index (χ0v) is 13.7. The average Bonchev–Trinajstić information content (AvgIpc) is 2.42. The van der Waals surface area contributed by atoms with Crippen molar-refractivity contribution in [1.29, 1.82) is 0 Å².